The van der Waals surface area contributed by atoms with Crippen molar-refractivity contribution in [3.8, 4) is 11.5 Å². The number of carboxylic acid groups (broad SMARTS) is 1. The molecule has 1 aromatic carbocycles. The number of carboxylic acids is 1. The molecule has 1 aliphatic heterocycles. The largest absolute Gasteiger partial charge is 0.481 e. The van der Waals surface area contributed by atoms with Gasteiger partial charge in [0.25, 0.3) is 0 Å². The fourth-order valence-corrected chi connectivity index (χ4v) is 3.52. The summed E-state index contributed by atoms with van der Waals surface area (Å²) in [6.07, 6.45) is 2.66. The Labute approximate surface area is 147 Å². The van der Waals surface area contributed by atoms with Crippen LogP contribution in [0.25, 0.3) is 0 Å². The minimum Gasteiger partial charge on any atom is -0.481 e. The SMILES string of the molecule is CC(C)(CNC(=O)C1CCCC(C(=O)O)C1)c1ccc2c(c1)OCO2. The highest BCUT2D eigenvalue weighted by atomic mass is 16.7. The molecule has 1 amide bonds. The van der Waals surface area contributed by atoms with E-state index in [1.54, 1.807) is 0 Å². The summed E-state index contributed by atoms with van der Waals surface area (Å²) in [7, 11) is 0. The van der Waals surface area contributed by atoms with E-state index >= 15 is 0 Å². The monoisotopic (exact) mass is 347 g/mol. The maximum Gasteiger partial charge on any atom is 0.306 e. The van der Waals surface area contributed by atoms with Crippen molar-refractivity contribution < 1.29 is 24.2 Å². The predicted octanol–water partition coefficient (Wildman–Crippen LogP) is 2.70. The van der Waals surface area contributed by atoms with E-state index in [1.807, 2.05) is 18.2 Å². The zero-order valence-electron chi connectivity index (χ0n) is 14.7. The van der Waals surface area contributed by atoms with Gasteiger partial charge >= 0.3 is 5.97 Å². The van der Waals surface area contributed by atoms with Crippen molar-refractivity contribution in [1.29, 1.82) is 0 Å². The molecular formula is C19H25NO5. The number of nitrogens with one attached hydrogen (secondary N) is 1. The third-order valence-corrected chi connectivity index (χ3v) is 5.25. The van der Waals surface area contributed by atoms with Crippen LogP contribution < -0.4 is 14.8 Å². The Hall–Kier alpha value is -2.24. The van der Waals surface area contributed by atoms with Crippen LogP contribution in [0.1, 0.15) is 45.1 Å². The van der Waals surface area contributed by atoms with Crippen molar-refractivity contribution in [2.45, 2.75) is 44.9 Å². The number of benzene rings is 1. The molecule has 25 heavy (non-hydrogen) atoms. The summed E-state index contributed by atoms with van der Waals surface area (Å²) in [5.41, 5.74) is 0.793. The van der Waals surface area contributed by atoms with E-state index in [9.17, 15) is 9.59 Å². The Morgan fingerprint density at radius 1 is 1.20 bits per heavy atom. The lowest BCUT2D eigenvalue weighted by Crippen LogP contribution is -2.41. The van der Waals surface area contributed by atoms with E-state index in [2.05, 4.69) is 19.2 Å². The molecule has 1 aliphatic carbocycles. The molecule has 2 N–H and O–H groups in total. The van der Waals surface area contributed by atoms with Crippen LogP contribution in [0, 0.1) is 11.8 Å². The summed E-state index contributed by atoms with van der Waals surface area (Å²) in [5.74, 6) is 0.0331. The third-order valence-electron chi connectivity index (χ3n) is 5.25. The number of ether oxygens (including phenoxy) is 2. The molecule has 6 nitrogen and oxygen atoms in total. The van der Waals surface area contributed by atoms with Crippen LogP contribution in [0.5, 0.6) is 11.5 Å². The minimum atomic E-state index is -0.793. The normalized spacial score (nSPS) is 22.5. The van der Waals surface area contributed by atoms with E-state index in [-0.39, 0.29) is 24.0 Å². The number of fused-ring (bicyclic) bond motifs is 1. The molecule has 6 heteroatoms. The second kappa shape index (κ2) is 6.94. The zero-order chi connectivity index (χ0) is 18.0. The molecule has 0 aromatic heterocycles. The molecule has 0 saturated heterocycles. The van der Waals surface area contributed by atoms with Crippen molar-refractivity contribution >= 4 is 11.9 Å². The first-order valence-electron chi connectivity index (χ1n) is 8.77. The van der Waals surface area contributed by atoms with Gasteiger partial charge in [-0.05, 0) is 37.0 Å². The van der Waals surface area contributed by atoms with Gasteiger partial charge in [0.2, 0.25) is 12.7 Å². The van der Waals surface area contributed by atoms with Crippen LogP contribution in [0.15, 0.2) is 18.2 Å². The van der Waals surface area contributed by atoms with E-state index in [0.717, 1.165) is 29.9 Å². The molecule has 1 heterocycles. The molecule has 2 unspecified atom stereocenters. The number of aliphatic carboxylic acids is 1. The Kier molecular flexibility index (Phi) is 4.88. The van der Waals surface area contributed by atoms with E-state index < -0.39 is 11.9 Å². The van der Waals surface area contributed by atoms with Gasteiger partial charge in [-0.15, -0.1) is 0 Å². The van der Waals surface area contributed by atoms with Crippen LogP contribution in [-0.4, -0.2) is 30.3 Å². The Morgan fingerprint density at radius 3 is 2.68 bits per heavy atom. The number of amides is 1. The average molecular weight is 347 g/mol. The van der Waals surface area contributed by atoms with Gasteiger partial charge in [-0.3, -0.25) is 9.59 Å². The second-order valence-corrected chi connectivity index (χ2v) is 7.57. The highest BCUT2D eigenvalue weighted by Crippen LogP contribution is 2.36. The van der Waals surface area contributed by atoms with E-state index in [0.29, 0.717) is 19.4 Å². The van der Waals surface area contributed by atoms with Crippen LogP contribution in [0.4, 0.5) is 0 Å². The second-order valence-electron chi connectivity index (χ2n) is 7.57. The summed E-state index contributed by atoms with van der Waals surface area (Å²) < 4.78 is 10.8. The molecule has 1 saturated carbocycles. The van der Waals surface area contributed by atoms with Gasteiger partial charge in [-0.25, -0.2) is 0 Å². The standard InChI is InChI=1S/C19H25NO5/c1-19(2,14-6-7-15-16(9-14)25-11-24-15)10-20-17(21)12-4-3-5-13(8-12)18(22)23/h6-7,9,12-13H,3-5,8,10-11H2,1-2H3,(H,20,21)(H,22,23). The van der Waals surface area contributed by atoms with Crippen molar-refractivity contribution in [2.75, 3.05) is 13.3 Å². The molecule has 1 fully saturated rings. The lowest BCUT2D eigenvalue weighted by molar-refractivity contribution is -0.144. The highest BCUT2D eigenvalue weighted by molar-refractivity contribution is 5.80. The number of hydrogen-bond donors (Lipinski definition) is 2. The number of carbonyl (C=O) groups excluding carboxylic acids is 1. The molecule has 1 aromatic rings. The summed E-state index contributed by atoms with van der Waals surface area (Å²) in [4.78, 5) is 23.6. The van der Waals surface area contributed by atoms with Crippen LogP contribution in [0.2, 0.25) is 0 Å². The molecule has 0 spiro atoms. The Bertz CT molecular complexity index is 670. The van der Waals surface area contributed by atoms with Crippen molar-refractivity contribution in [2.24, 2.45) is 11.8 Å². The van der Waals surface area contributed by atoms with E-state index in [4.69, 9.17) is 14.6 Å². The van der Waals surface area contributed by atoms with Gasteiger partial charge in [0.15, 0.2) is 11.5 Å². The van der Waals surface area contributed by atoms with Crippen molar-refractivity contribution in [3.05, 3.63) is 23.8 Å². The first-order chi connectivity index (χ1) is 11.9. The van der Waals surface area contributed by atoms with Crippen molar-refractivity contribution in [3.63, 3.8) is 0 Å². The lowest BCUT2D eigenvalue weighted by Gasteiger charge is -2.29. The van der Waals surface area contributed by atoms with Crippen LogP contribution >= 0.6 is 0 Å². The average Bonchev–Trinajstić information content (AvgIpc) is 3.07. The summed E-state index contributed by atoms with van der Waals surface area (Å²) in [6, 6.07) is 5.83. The fraction of sp³-hybridized carbons (Fsp3) is 0.579. The summed E-state index contributed by atoms with van der Waals surface area (Å²) >= 11 is 0. The number of rotatable bonds is 5. The van der Waals surface area contributed by atoms with Crippen molar-refractivity contribution in [1.82, 2.24) is 5.32 Å². The molecule has 2 atom stereocenters. The van der Waals surface area contributed by atoms with Gasteiger partial charge in [0.1, 0.15) is 0 Å². The van der Waals surface area contributed by atoms with Crippen LogP contribution in [-0.2, 0) is 15.0 Å². The van der Waals surface area contributed by atoms with Gasteiger partial charge in [0, 0.05) is 17.9 Å². The Morgan fingerprint density at radius 2 is 1.92 bits per heavy atom. The lowest BCUT2D eigenvalue weighted by atomic mass is 9.80. The van der Waals surface area contributed by atoms with Crippen LogP contribution in [0.3, 0.4) is 0 Å². The molecule has 0 bridgehead atoms. The Balaban J connectivity index is 1.60. The van der Waals surface area contributed by atoms with E-state index in [1.165, 1.54) is 0 Å². The smallest absolute Gasteiger partial charge is 0.306 e. The molecule has 0 radical (unpaired) electrons. The maximum absolute atomic E-state index is 12.5. The minimum absolute atomic E-state index is 0.0419. The molecular weight excluding hydrogens is 322 g/mol. The maximum atomic E-state index is 12.5. The molecule has 2 aliphatic rings. The fourth-order valence-electron chi connectivity index (χ4n) is 3.52. The summed E-state index contributed by atoms with van der Waals surface area (Å²) in [6.45, 7) is 4.85. The number of hydrogen-bond acceptors (Lipinski definition) is 4. The third kappa shape index (κ3) is 3.89. The van der Waals surface area contributed by atoms with Gasteiger partial charge in [-0.2, -0.15) is 0 Å². The quantitative estimate of drug-likeness (QED) is 0.855. The first kappa shape index (κ1) is 17.6. The highest BCUT2D eigenvalue weighted by Gasteiger charge is 2.32. The molecule has 136 valence electrons. The van der Waals surface area contributed by atoms with Gasteiger partial charge in [-0.1, -0.05) is 26.3 Å². The van der Waals surface area contributed by atoms with Gasteiger partial charge < -0.3 is 19.9 Å². The first-order valence-corrected chi connectivity index (χ1v) is 8.77. The van der Waals surface area contributed by atoms with Gasteiger partial charge in [0.05, 0.1) is 5.92 Å². The summed E-state index contributed by atoms with van der Waals surface area (Å²) in [5, 5.41) is 12.2. The predicted molar refractivity (Wildman–Crippen MR) is 91.7 cm³/mol. The topological polar surface area (TPSA) is 84.9 Å². The molecule has 3 rings (SSSR count). The zero-order valence-corrected chi connectivity index (χ0v) is 14.7. The number of carbonyl (C=O) groups is 2.